The van der Waals surface area contributed by atoms with Gasteiger partial charge in [-0.3, -0.25) is 4.79 Å². The molecule has 2 aliphatic heterocycles. The van der Waals surface area contributed by atoms with E-state index in [2.05, 4.69) is 33.2 Å². The van der Waals surface area contributed by atoms with Gasteiger partial charge in [0, 0.05) is 29.2 Å². The number of ether oxygens (including phenoxy) is 2. The molecule has 0 saturated carbocycles. The van der Waals surface area contributed by atoms with Gasteiger partial charge in [-0.25, -0.2) is 4.98 Å². The molecule has 154 valence electrons. The lowest BCUT2D eigenvalue weighted by Crippen LogP contribution is -2.39. The molecule has 2 N–H and O–H groups in total. The van der Waals surface area contributed by atoms with Crippen LogP contribution in [0.25, 0.3) is 17.0 Å². The number of H-pyrrole nitrogens is 2. The molecular weight excluding hydrogens is 392 g/mol. The van der Waals surface area contributed by atoms with Crippen LogP contribution >= 0.6 is 0 Å². The average molecular weight is 412 g/mol. The molecule has 4 heterocycles. The van der Waals surface area contributed by atoms with Gasteiger partial charge < -0.3 is 24.3 Å². The fraction of sp³-hybridized carbons (Fsp3) is 0.167. The maximum absolute atomic E-state index is 13.3. The maximum Gasteiger partial charge on any atom is 0.247 e. The molecule has 0 spiro atoms. The Morgan fingerprint density at radius 2 is 2.06 bits per heavy atom. The lowest BCUT2D eigenvalue weighted by molar-refractivity contribution is -0.128. The molecule has 4 aromatic rings. The zero-order valence-electron chi connectivity index (χ0n) is 16.7. The van der Waals surface area contributed by atoms with E-state index in [1.54, 1.807) is 24.7 Å². The second kappa shape index (κ2) is 7.05. The summed E-state index contributed by atoms with van der Waals surface area (Å²) in [5.74, 6) is 1.39. The normalized spacial score (nSPS) is 17.4. The lowest BCUT2D eigenvalue weighted by Gasteiger charge is -2.35. The first-order chi connectivity index (χ1) is 15.3. The molecule has 6 rings (SSSR count). The smallest absolute Gasteiger partial charge is 0.247 e. The zero-order valence-corrected chi connectivity index (χ0v) is 16.7. The number of fused-ring (bicyclic) bond motifs is 4. The first-order valence-electron chi connectivity index (χ1n) is 10.2. The van der Waals surface area contributed by atoms with Gasteiger partial charge in [0.15, 0.2) is 11.5 Å². The van der Waals surface area contributed by atoms with Crippen molar-refractivity contribution < 1.29 is 14.3 Å². The second-order valence-electron chi connectivity index (χ2n) is 7.70. The van der Waals surface area contributed by atoms with Crippen molar-refractivity contribution in [1.82, 2.24) is 19.9 Å². The third-order valence-corrected chi connectivity index (χ3v) is 5.95. The predicted molar refractivity (Wildman–Crippen MR) is 116 cm³/mol. The number of aromatic nitrogens is 3. The van der Waals surface area contributed by atoms with Crippen LogP contribution in [-0.4, -0.2) is 39.1 Å². The van der Waals surface area contributed by atoms with Crippen LogP contribution in [0.5, 0.6) is 11.5 Å². The van der Waals surface area contributed by atoms with Crippen LogP contribution in [0.1, 0.15) is 28.6 Å². The third-order valence-electron chi connectivity index (χ3n) is 5.95. The van der Waals surface area contributed by atoms with Crippen molar-refractivity contribution in [3.05, 3.63) is 83.6 Å². The van der Waals surface area contributed by atoms with Gasteiger partial charge in [0.1, 0.15) is 0 Å². The van der Waals surface area contributed by atoms with Crippen LogP contribution in [0.15, 0.2) is 61.1 Å². The first-order valence-corrected chi connectivity index (χ1v) is 10.2. The zero-order chi connectivity index (χ0) is 20.8. The predicted octanol–water partition coefficient (Wildman–Crippen LogP) is 3.81. The minimum absolute atomic E-state index is 0.0541. The van der Waals surface area contributed by atoms with Gasteiger partial charge in [-0.05, 0) is 41.8 Å². The van der Waals surface area contributed by atoms with Gasteiger partial charge in [0.25, 0.3) is 0 Å². The van der Waals surface area contributed by atoms with Gasteiger partial charge in [-0.2, -0.15) is 0 Å². The van der Waals surface area contributed by atoms with Crippen LogP contribution in [0.2, 0.25) is 0 Å². The third kappa shape index (κ3) is 2.97. The Kier molecular flexibility index (Phi) is 4.06. The molecule has 1 amide bonds. The first kappa shape index (κ1) is 17.8. The number of hydrogen-bond acceptors (Lipinski definition) is 4. The number of nitrogens with one attached hydrogen (secondary N) is 2. The van der Waals surface area contributed by atoms with Gasteiger partial charge in [0.05, 0.1) is 24.3 Å². The van der Waals surface area contributed by atoms with E-state index >= 15 is 0 Å². The molecule has 0 saturated heterocycles. The highest BCUT2D eigenvalue weighted by atomic mass is 16.7. The number of rotatable bonds is 3. The second-order valence-corrected chi connectivity index (χ2v) is 7.70. The molecule has 31 heavy (non-hydrogen) atoms. The Balaban J connectivity index is 1.45. The van der Waals surface area contributed by atoms with Crippen LogP contribution in [-0.2, 0) is 11.2 Å². The summed E-state index contributed by atoms with van der Waals surface area (Å²) in [6, 6.07) is 13.9. The number of carbonyl (C=O) groups is 1. The highest BCUT2D eigenvalue weighted by Gasteiger charge is 2.34. The number of amides is 1. The van der Waals surface area contributed by atoms with Crippen LogP contribution < -0.4 is 9.47 Å². The molecule has 0 unspecified atom stereocenters. The molecule has 7 nitrogen and oxygen atoms in total. The van der Waals surface area contributed by atoms with Crippen molar-refractivity contribution in [3.63, 3.8) is 0 Å². The Morgan fingerprint density at radius 1 is 1.16 bits per heavy atom. The number of nitrogens with zero attached hydrogens (tertiary/aromatic N) is 2. The van der Waals surface area contributed by atoms with E-state index in [0.717, 1.165) is 34.6 Å². The van der Waals surface area contributed by atoms with Crippen LogP contribution in [0.4, 0.5) is 0 Å². The number of para-hydroxylation sites is 1. The highest BCUT2D eigenvalue weighted by molar-refractivity contribution is 5.93. The highest BCUT2D eigenvalue weighted by Crippen LogP contribution is 2.42. The molecule has 0 fully saturated rings. The summed E-state index contributed by atoms with van der Waals surface area (Å²) in [5, 5.41) is 1.21. The quantitative estimate of drug-likeness (QED) is 0.502. The molecule has 2 aliphatic rings. The fourth-order valence-corrected chi connectivity index (χ4v) is 4.52. The van der Waals surface area contributed by atoms with Gasteiger partial charge in [-0.1, -0.05) is 24.3 Å². The number of carbonyl (C=O) groups excluding carboxylic acids is 1. The number of hydrogen-bond donors (Lipinski definition) is 2. The minimum atomic E-state index is -0.246. The van der Waals surface area contributed by atoms with Crippen molar-refractivity contribution in [2.24, 2.45) is 0 Å². The molecule has 1 atom stereocenters. The Hall–Kier alpha value is -4.00. The molecule has 2 aromatic heterocycles. The van der Waals surface area contributed by atoms with E-state index in [4.69, 9.17) is 9.47 Å². The Morgan fingerprint density at radius 3 is 2.97 bits per heavy atom. The van der Waals surface area contributed by atoms with E-state index in [1.165, 1.54) is 10.9 Å². The minimum Gasteiger partial charge on any atom is -0.454 e. The molecule has 0 radical (unpaired) electrons. The number of benzene rings is 2. The summed E-state index contributed by atoms with van der Waals surface area (Å²) in [4.78, 5) is 25.8. The Labute approximate surface area is 178 Å². The molecule has 2 aromatic carbocycles. The summed E-state index contributed by atoms with van der Waals surface area (Å²) in [6.07, 6.45) is 7.43. The van der Waals surface area contributed by atoms with E-state index in [-0.39, 0.29) is 18.7 Å². The lowest BCUT2D eigenvalue weighted by atomic mass is 9.92. The monoisotopic (exact) mass is 412 g/mol. The van der Waals surface area contributed by atoms with Crippen LogP contribution in [0, 0.1) is 0 Å². The largest absolute Gasteiger partial charge is 0.454 e. The SMILES string of the molecule is O=C(C=Cc1cnc[nH]1)N1CCc2c([nH]c3ccccc23)[C@H]1c1ccc2c(c1)OCO2. The summed E-state index contributed by atoms with van der Waals surface area (Å²) in [7, 11) is 0. The van der Waals surface area contributed by atoms with Crippen molar-refractivity contribution in [2.75, 3.05) is 13.3 Å². The standard InChI is InChI=1S/C24H20N4O3/c29-22(8-6-16-12-25-13-26-16)28-10-9-18-17-3-1-2-4-19(17)27-23(18)24(28)15-5-7-20-21(11-15)31-14-30-20/h1-8,11-13,24,27H,9-10,14H2,(H,25,26)/t24-/m1/s1. The molecule has 0 aliphatic carbocycles. The van der Waals surface area contributed by atoms with Crippen molar-refractivity contribution >= 4 is 22.9 Å². The number of aromatic amines is 2. The van der Waals surface area contributed by atoms with Gasteiger partial charge >= 0.3 is 0 Å². The van der Waals surface area contributed by atoms with Gasteiger partial charge in [-0.15, -0.1) is 0 Å². The maximum atomic E-state index is 13.3. The number of imidazole rings is 1. The van der Waals surface area contributed by atoms with Crippen molar-refractivity contribution in [1.29, 1.82) is 0 Å². The van der Waals surface area contributed by atoms with E-state index in [0.29, 0.717) is 12.3 Å². The summed E-state index contributed by atoms with van der Waals surface area (Å²) in [5.41, 5.74) is 5.17. The van der Waals surface area contributed by atoms with E-state index in [1.807, 2.05) is 29.2 Å². The fourth-order valence-electron chi connectivity index (χ4n) is 4.52. The van der Waals surface area contributed by atoms with Crippen molar-refractivity contribution in [3.8, 4) is 11.5 Å². The van der Waals surface area contributed by atoms with Crippen molar-refractivity contribution in [2.45, 2.75) is 12.5 Å². The molecular formula is C24H20N4O3. The van der Waals surface area contributed by atoms with Crippen LogP contribution in [0.3, 0.4) is 0 Å². The summed E-state index contributed by atoms with van der Waals surface area (Å²) < 4.78 is 11.1. The Bertz CT molecular complexity index is 1310. The summed E-state index contributed by atoms with van der Waals surface area (Å²) in [6.45, 7) is 0.844. The average Bonchev–Trinajstić information content (AvgIpc) is 3.55. The van der Waals surface area contributed by atoms with Gasteiger partial charge in [0.2, 0.25) is 12.7 Å². The van der Waals surface area contributed by atoms with E-state index < -0.39 is 0 Å². The topological polar surface area (TPSA) is 83.2 Å². The molecule has 0 bridgehead atoms. The molecule has 7 heteroatoms. The summed E-state index contributed by atoms with van der Waals surface area (Å²) >= 11 is 0. The van der Waals surface area contributed by atoms with E-state index in [9.17, 15) is 4.79 Å².